The Kier molecular flexibility index (Phi) is 4.59. The number of halogens is 3. The molecule has 5 nitrogen and oxygen atoms in total. The fourth-order valence-electron chi connectivity index (χ4n) is 3.78. The van der Waals surface area contributed by atoms with Crippen molar-refractivity contribution in [3.05, 3.63) is 52.9 Å². The number of nitrogens with zero attached hydrogens (tertiary/aromatic N) is 4. The van der Waals surface area contributed by atoms with Gasteiger partial charge in [0, 0.05) is 34.0 Å². The maximum atomic E-state index is 14.8. The third-order valence-electron chi connectivity index (χ3n) is 4.97. The van der Waals surface area contributed by atoms with E-state index in [2.05, 4.69) is 20.3 Å². The summed E-state index contributed by atoms with van der Waals surface area (Å²) in [7, 11) is 0. The molecule has 0 saturated carbocycles. The Morgan fingerprint density at radius 1 is 1.28 bits per heavy atom. The van der Waals surface area contributed by atoms with E-state index in [9.17, 15) is 13.2 Å². The van der Waals surface area contributed by atoms with E-state index in [-0.39, 0.29) is 20.7 Å². The number of allylic oxidation sites excluding steroid dienone is 1. The van der Waals surface area contributed by atoms with E-state index in [1.807, 2.05) is 37.5 Å². The van der Waals surface area contributed by atoms with E-state index in [0.717, 1.165) is 40.7 Å². The Morgan fingerprint density at radius 2 is 2.03 bits per heavy atom. The SMILES string of the molecule is Cc1nc2c(F)cc(C3=CCc4nc(NCC(C)(F)F)ncc43)cc2n1C(C)C.[HH].[HH]. The fourth-order valence-corrected chi connectivity index (χ4v) is 3.78. The summed E-state index contributed by atoms with van der Waals surface area (Å²) >= 11 is 0. The second-order valence-corrected chi connectivity index (χ2v) is 7.75. The highest BCUT2D eigenvalue weighted by Gasteiger charge is 2.24. The number of benzene rings is 1. The molecule has 29 heavy (non-hydrogen) atoms. The molecule has 156 valence electrons. The molecule has 0 fully saturated rings. The number of fused-ring (bicyclic) bond motifs is 2. The minimum Gasteiger partial charge on any atom is -0.348 e. The van der Waals surface area contributed by atoms with E-state index in [4.69, 9.17) is 0 Å². The molecule has 4 rings (SSSR count). The summed E-state index contributed by atoms with van der Waals surface area (Å²) in [5, 5.41) is 2.56. The van der Waals surface area contributed by atoms with Crippen LogP contribution >= 0.6 is 0 Å². The summed E-state index contributed by atoms with van der Waals surface area (Å²) in [6.45, 7) is 6.23. The monoisotopic (exact) mass is 405 g/mol. The van der Waals surface area contributed by atoms with Gasteiger partial charge in [-0.05, 0) is 44.0 Å². The molecule has 0 unspecified atom stereocenters. The smallest absolute Gasteiger partial charge is 0.262 e. The van der Waals surface area contributed by atoms with Crippen LogP contribution in [0.4, 0.5) is 19.1 Å². The lowest BCUT2D eigenvalue weighted by molar-refractivity contribution is 0.0366. The van der Waals surface area contributed by atoms with Gasteiger partial charge in [0.25, 0.3) is 5.92 Å². The molecule has 1 N–H and O–H groups in total. The highest BCUT2D eigenvalue weighted by atomic mass is 19.3. The van der Waals surface area contributed by atoms with Gasteiger partial charge in [-0.3, -0.25) is 0 Å². The number of anilines is 1. The molecule has 3 aromatic rings. The van der Waals surface area contributed by atoms with Gasteiger partial charge in [0.1, 0.15) is 11.3 Å². The molecule has 0 radical (unpaired) electrons. The average Bonchev–Trinajstić information content (AvgIpc) is 3.19. The predicted octanol–water partition coefficient (Wildman–Crippen LogP) is 5.40. The van der Waals surface area contributed by atoms with Crippen molar-refractivity contribution in [1.82, 2.24) is 19.5 Å². The first-order valence-corrected chi connectivity index (χ1v) is 9.50. The maximum Gasteiger partial charge on any atom is 0.262 e. The summed E-state index contributed by atoms with van der Waals surface area (Å²) in [6.07, 6.45) is 4.10. The lowest BCUT2D eigenvalue weighted by atomic mass is 10.0. The molecular formula is C21H26F3N5. The third-order valence-corrected chi connectivity index (χ3v) is 4.97. The Bertz CT molecular complexity index is 1140. The van der Waals surface area contributed by atoms with Gasteiger partial charge in [-0.1, -0.05) is 6.08 Å². The van der Waals surface area contributed by atoms with E-state index >= 15 is 0 Å². The van der Waals surface area contributed by atoms with Crippen molar-refractivity contribution < 1.29 is 16.0 Å². The number of rotatable bonds is 5. The van der Waals surface area contributed by atoms with Gasteiger partial charge in [-0.2, -0.15) is 0 Å². The van der Waals surface area contributed by atoms with E-state index < -0.39 is 12.5 Å². The molecule has 0 aliphatic heterocycles. The van der Waals surface area contributed by atoms with E-state index in [0.29, 0.717) is 11.9 Å². The summed E-state index contributed by atoms with van der Waals surface area (Å²) in [5.74, 6) is -2.30. The Hall–Kier alpha value is -2.90. The number of hydrogen-bond acceptors (Lipinski definition) is 4. The van der Waals surface area contributed by atoms with Crippen LogP contribution in [0.25, 0.3) is 16.6 Å². The van der Waals surface area contributed by atoms with Crippen LogP contribution in [-0.2, 0) is 6.42 Å². The average molecular weight is 405 g/mol. The fraction of sp³-hybridized carbons (Fsp3) is 0.381. The molecule has 0 amide bonds. The van der Waals surface area contributed by atoms with Crippen molar-refractivity contribution in [2.24, 2.45) is 0 Å². The molecule has 8 heteroatoms. The molecule has 1 aliphatic rings. The second kappa shape index (κ2) is 6.86. The summed E-state index contributed by atoms with van der Waals surface area (Å²) < 4.78 is 42.9. The van der Waals surface area contributed by atoms with Crippen LogP contribution in [0.15, 0.2) is 24.4 Å². The minimum atomic E-state index is -2.85. The quantitative estimate of drug-likeness (QED) is 0.617. The van der Waals surface area contributed by atoms with Crippen molar-refractivity contribution in [1.29, 1.82) is 0 Å². The first-order valence-electron chi connectivity index (χ1n) is 9.50. The lowest BCUT2D eigenvalue weighted by Crippen LogP contribution is -2.24. The number of alkyl halides is 2. The van der Waals surface area contributed by atoms with Gasteiger partial charge in [-0.15, -0.1) is 0 Å². The molecule has 2 heterocycles. The van der Waals surface area contributed by atoms with Crippen LogP contribution in [0.2, 0.25) is 0 Å². The molecule has 1 aromatic carbocycles. The molecule has 0 saturated heterocycles. The van der Waals surface area contributed by atoms with Crippen molar-refractivity contribution in [2.75, 3.05) is 11.9 Å². The van der Waals surface area contributed by atoms with Crippen LogP contribution in [0.5, 0.6) is 0 Å². The van der Waals surface area contributed by atoms with Crippen LogP contribution < -0.4 is 5.32 Å². The number of aryl methyl sites for hydroxylation is 1. The standard InChI is InChI=1S/C21H22F3N5.2H2/c1-11(2)29-12(3)27-19-16(22)7-13(8-18(19)29)14-5-6-17-15(14)9-25-20(28-17)26-10-21(4,23)24;;/h5,7-9,11H,6,10H2,1-4H3,(H,25,26,28);2*1H. The van der Waals surface area contributed by atoms with Crippen LogP contribution in [0.1, 0.15) is 52.3 Å². The number of aromatic nitrogens is 4. The molecule has 2 aromatic heterocycles. The highest BCUT2D eigenvalue weighted by molar-refractivity contribution is 5.89. The Balaban J connectivity index is 0.00000171. The number of hydrogen-bond donors (Lipinski definition) is 1. The second-order valence-electron chi connectivity index (χ2n) is 7.75. The van der Waals surface area contributed by atoms with Crippen molar-refractivity contribution in [3.8, 4) is 0 Å². The molecule has 0 spiro atoms. The summed E-state index contributed by atoms with van der Waals surface area (Å²) in [6, 6.07) is 3.56. The van der Waals surface area contributed by atoms with Gasteiger partial charge >= 0.3 is 0 Å². The van der Waals surface area contributed by atoms with Crippen LogP contribution in [-0.4, -0.2) is 32.0 Å². The van der Waals surface area contributed by atoms with Crippen molar-refractivity contribution in [3.63, 3.8) is 0 Å². The molecular weight excluding hydrogens is 379 g/mol. The first kappa shape index (κ1) is 19.4. The molecule has 1 aliphatic carbocycles. The highest BCUT2D eigenvalue weighted by Crippen LogP contribution is 2.35. The zero-order valence-corrected chi connectivity index (χ0v) is 16.7. The van der Waals surface area contributed by atoms with Crippen molar-refractivity contribution in [2.45, 2.75) is 46.1 Å². The van der Waals surface area contributed by atoms with Gasteiger partial charge in [0.15, 0.2) is 5.82 Å². The van der Waals surface area contributed by atoms with Gasteiger partial charge in [-0.25, -0.2) is 28.1 Å². The zero-order chi connectivity index (χ0) is 20.9. The van der Waals surface area contributed by atoms with Crippen LogP contribution in [0.3, 0.4) is 0 Å². The first-order chi connectivity index (χ1) is 13.6. The maximum absolute atomic E-state index is 14.8. The van der Waals surface area contributed by atoms with Gasteiger partial charge in [0.05, 0.1) is 17.8 Å². The van der Waals surface area contributed by atoms with Crippen molar-refractivity contribution >= 4 is 22.6 Å². The third kappa shape index (κ3) is 3.59. The van der Waals surface area contributed by atoms with Gasteiger partial charge < -0.3 is 9.88 Å². The van der Waals surface area contributed by atoms with Crippen LogP contribution in [0, 0.1) is 12.7 Å². The topological polar surface area (TPSA) is 55.6 Å². The largest absolute Gasteiger partial charge is 0.348 e. The number of nitrogens with one attached hydrogen (secondary N) is 1. The minimum absolute atomic E-state index is 0. The summed E-state index contributed by atoms with van der Waals surface area (Å²) in [5.41, 5.74) is 4.17. The lowest BCUT2D eigenvalue weighted by Gasteiger charge is -2.13. The van der Waals surface area contributed by atoms with E-state index in [1.54, 1.807) is 6.20 Å². The number of imidazole rings is 1. The Labute approximate surface area is 169 Å². The van der Waals surface area contributed by atoms with E-state index in [1.165, 1.54) is 6.07 Å². The zero-order valence-electron chi connectivity index (χ0n) is 16.7. The molecule has 0 bridgehead atoms. The Morgan fingerprint density at radius 3 is 2.72 bits per heavy atom. The normalized spacial score (nSPS) is 13.9. The molecule has 0 atom stereocenters. The van der Waals surface area contributed by atoms with Gasteiger partial charge in [0.2, 0.25) is 5.95 Å². The summed E-state index contributed by atoms with van der Waals surface area (Å²) in [4.78, 5) is 12.9. The predicted molar refractivity (Wildman–Crippen MR) is 111 cm³/mol.